The van der Waals surface area contributed by atoms with Crippen molar-refractivity contribution in [1.29, 1.82) is 0 Å². The van der Waals surface area contributed by atoms with E-state index in [1.807, 2.05) is 0 Å². The van der Waals surface area contributed by atoms with Crippen molar-refractivity contribution < 1.29 is 25.8 Å². The molecular formula is C26H28Hf-2. The van der Waals surface area contributed by atoms with Gasteiger partial charge in [-0.05, 0) is 12.0 Å². The number of benzene rings is 2. The second-order valence-corrected chi connectivity index (χ2v) is 7.31. The number of hydrogen-bond donors (Lipinski definition) is 0. The van der Waals surface area contributed by atoms with Crippen LogP contribution in [-0.2, 0) is 32.3 Å². The minimum absolute atomic E-state index is 0. The van der Waals surface area contributed by atoms with E-state index >= 15 is 0 Å². The normalized spacial score (nSPS) is 14.2. The first-order valence-electron chi connectivity index (χ1n) is 9.40. The van der Waals surface area contributed by atoms with Gasteiger partial charge in [-0.25, -0.2) is 6.08 Å². The molecule has 3 aromatic carbocycles. The van der Waals surface area contributed by atoms with Crippen LogP contribution in [0.1, 0.15) is 50.4 Å². The molecule has 0 radical (unpaired) electrons. The Bertz CT molecular complexity index is 833. The van der Waals surface area contributed by atoms with Crippen LogP contribution in [0.4, 0.5) is 0 Å². The molecule has 0 fully saturated rings. The summed E-state index contributed by atoms with van der Waals surface area (Å²) in [5.74, 6) is 0.429. The topological polar surface area (TPSA) is 0 Å². The van der Waals surface area contributed by atoms with Gasteiger partial charge in [0, 0.05) is 25.8 Å². The maximum absolute atomic E-state index is 3.45. The Kier molecular flexibility index (Phi) is 7.68. The van der Waals surface area contributed by atoms with Gasteiger partial charge in [0.15, 0.2) is 0 Å². The second kappa shape index (κ2) is 9.55. The number of rotatable bonds is 2. The van der Waals surface area contributed by atoms with Crippen LogP contribution in [0.15, 0.2) is 54.6 Å². The van der Waals surface area contributed by atoms with Gasteiger partial charge in [0.2, 0.25) is 0 Å². The zero-order chi connectivity index (χ0) is 18.7. The van der Waals surface area contributed by atoms with Crippen LogP contribution >= 0.6 is 0 Å². The van der Waals surface area contributed by atoms with Crippen LogP contribution in [0.2, 0.25) is 0 Å². The SMILES string of the molecule is Cc1c(C)c(C)[c-](C)c1C.[C-]1=Cc2ccccc2C1Cc1ccccc1.[Hf]. The van der Waals surface area contributed by atoms with E-state index < -0.39 is 0 Å². The summed E-state index contributed by atoms with van der Waals surface area (Å²) < 4.78 is 0. The zero-order valence-electron chi connectivity index (χ0n) is 17.1. The molecule has 0 nitrogen and oxygen atoms in total. The van der Waals surface area contributed by atoms with Gasteiger partial charge in [0.05, 0.1) is 0 Å². The first-order chi connectivity index (χ1) is 12.5. The largest absolute Gasteiger partial charge is 0.268 e. The van der Waals surface area contributed by atoms with Gasteiger partial charge in [-0.2, -0.15) is 33.4 Å². The molecule has 0 saturated carbocycles. The maximum atomic E-state index is 3.45. The van der Waals surface area contributed by atoms with Crippen molar-refractivity contribution in [2.24, 2.45) is 0 Å². The van der Waals surface area contributed by atoms with Crippen LogP contribution in [0.25, 0.3) is 6.08 Å². The summed E-state index contributed by atoms with van der Waals surface area (Å²) >= 11 is 0. The minimum Gasteiger partial charge on any atom is -0.268 e. The molecule has 138 valence electrons. The smallest absolute Gasteiger partial charge is 0 e. The van der Waals surface area contributed by atoms with E-state index in [1.54, 1.807) is 0 Å². The van der Waals surface area contributed by atoms with E-state index in [4.69, 9.17) is 0 Å². The van der Waals surface area contributed by atoms with Crippen LogP contribution in [0.5, 0.6) is 0 Å². The van der Waals surface area contributed by atoms with Crippen molar-refractivity contribution in [3.63, 3.8) is 0 Å². The van der Waals surface area contributed by atoms with Crippen molar-refractivity contribution in [2.45, 2.75) is 47.0 Å². The molecule has 1 heteroatoms. The molecule has 1 aliphatic rings. The molecule has 1 unspecified atom stereocenters. The Hall–Kier alpha value is -1.60. The predicted molar refractivity (Wildman–Crippen MR) is 113 cm³/mol. The van der Waals surface area contributed by atoms with E-state index in [1.165, 1.54) is 44.5 Å². The molecule has 0 heterocycles. The molecular weight excluding hydrogens is 491 g/mol. The number of hydrogen-bond acceptors (Lipinski definition) is 0. The molecule has 0 spiro atoms. The van der Waals surface area contributed by atoms with Crippen molar-refractivity contribution >= 4 is 6.08 Å². The van der Waals surface area contributed by atoms with E-state index in [-0.39, 0.29) is 25.8 Å². The average Bonchev–Trinajstić information content (AvgIpc) is 3.15. The minimum atomic E-state index is 0. The standard InChI is InChI=1S/C16H13.C10H15.Hf/c1-2-6-13(7-3-1)12-15-11-10-14-8-4-5-9-16(14)15;1-6-7(2)9(4)10(5)8(6)3;/h1-10,15H,12H2;1-5H3;/q2*-1;. The van der Waals surface area contributed by atoms with Gasteiger partial charge in [-0.3, -0.25) is 6.08 Å². The third-order valence-electron chi connectivity index (χ3n) is 5.91. The van der Waals surface area contributed by atoms with Crippen LogP contribution in [0.3, 0.4) is 0 Å². The number of allylic oxidation sites excluding steroid dienone is 1. The Morgan fingerprint density at radius 2 is 1.37 bits per heavy atom. The fourth-order valence-electron chi connectivity index (χ4n) is 3.66. The van der Waals surface area contributed by atoms with Crippen molar-refractivity contribution in [1.82, 2.24) is 0 Å². The van der Waals surface area contributed by atoms with E-state index in [0.717, 1.165) is 6.42 Å². The second-order valence-electron chi connectivity index (χ2n) is 7.31. The Morgan fingerprint density at radius 3 is 1.93 bits per heavy atom. The summed E-state index contributed by atoms with van der Waals surface area (Å²) in [5, 5.41) is 0. The van der Waals surface area contributed by atoms with Gasteiger partial charge in [0.25, 0.3) is 0 Å². The summed E-state index contributed by atoms with van der Waals surface area (Å²) in [6.45, 7) is 11.0. The van der Waals surface area contributed by atoms with E-state index in [0.29, 0.717) is 5.92 Å². The Balaban J connectivity index is 0.000000208. The first kappa shape index (κ1) is 21.7. The molecule has 0 saturated heterocycles. The fraction of sp³-hybridized carbons (Fsp3) is 0.269. The van der Waals surface area contributed by atoms with E-state index in [2.05, 4.69) is 101 Å². The molecule has 3 aromatic rings. The molecule has 0 aromatic heterocycles. The van der Waals surface area contributed by atoms with E-state index in [9.17, 15) is 0 Å². The zero-order valence-corrected chi connectivity index (χ0v) is 20.7. The van der Waals surface area contributed by atoms with Crippen LogP contribution < -0.4 is 0 Å². The summed E-state index contributed by atoms with van der Waals surface area (Å²) in [5.41, 5.74) is 11.4. The summed E-state index contributed by atoms with van der Waals surface area (Å²) in [6.07, 6.45) is 6.61. The Labute approximate surface area is 183 Å². The van der Waals surface area contributed by atoms with Crippen molar-refractivity contribution in [3.05, 3.63) is 105 Å². The molecule has 0 bridgehead atoms. The van der Waals surface area contributed by atoms with Gasteiger partial charge in [0.1, 0.15) is 0 Å². The molecule has 1 aliphatic carbocycles. The van der Waals surface area contributed by atoms with Gasteiger partial charge >= 0.3 is 0 Å². The average molecular weight is 519 g/mol. The molecule has 27 heavy (non-hydrogen) atoms. The first-order valence-corrected chi connectivity index (χ1v) is 9.40. The van der Waals surface area contributed by atoms with Gasteiger partial charge in [-0.15, -0.1) is 11.6 Å². The molecule has 1 atom stereocenters. The quantitative estimate of drug-likeness (QED) is 0.259. The van der Waals surface area contributed by atoms with Crippen molar-refractivity contribution in [3.8, 4) is 0 Å². The summed E-state index contributed by atoms with van der Waals surface area (Å²) in [6, 6.07) is 19.2. The fourth-order valence-corrected chi connectivity index (χ4v) is 3.66. The monoisotopic (exact) mass is 520 g/mol. The molecule has 0 N–H and O–H groups in total. The summed E-state index contributed by atoms with van der Waals surface area (Å²) in [7, 11) is 0. The third-order valence-corrected chi connectivity index (χ3v) is 5.91. The van der Waals surface area contributed by atoms with Crippen LogP contribution in [-0.4, -0.2) is 0 Å². The predicted octanol–water partition coefficient (Wildman–Crippen LogP) is 6.79. The maximum Gasteiger partial charge on any atom is 0 e. The van der Waals surface area contributed by atoms with Gasteiger partial charge in [-0.1, -0.05) is 89.1 Å². The number of fused-ring (bicyclic) bond motifs is 1. The van der Waals surface area contributed by atoms with Crippen molar-refractivity contribution in [2.75, 3.05) is 0 Å². The van der Waals surface area contributed by atoms with Crippen LogP contribution in [0, 0.1) is 40.7 Å². The Morgan fingerprint density at radius 1 is 0.815 bits per heavy atom. The van der Waals surface area contributed by atoms with Gasteiger partial charge < -0.3 is 0 Å². The third kappa shape index (κ3) is 4.82. The summed E-state index contributed by atoms with van der Waals surface area (Å²) in [4.78, 5) is 0. The molecule has 0 amide bonds. The molecule has 4 rings (SSSR count). The molecule has 0 aliphatic heterocycles.